The van der Waals surface area contributed by atoms with E-state index in [1.807, 2.05) is 18.2 Å². The van der Waals surface area contributed by atoms with Gasteiger partial charge in [-0.15, -0.1) is 0 Å². The van der Waals surface area contributed by atoms with Gasteiger partial charge in [-0.05, 0) is 41.2 Å². The largest absolute Gasteiger partial charge is 0.238 e. The standard InChI is InChI=1S/C17H15F/c1-16-10-14-8-7-13(12-5-3-2-4-6-12)9-15(14)17(16,18)11-16/h2-9H,10-11H2,1H3/t16-,17+/m0/s1. The molecule has 0 aliphatic heterocycles. The third-order valence-corrected chi connectivity index (χ3v) is 4.69. The molecule has 4 rings (SSSR count). The van der Waals surface area contributed by atoms with Crippen molar-refractivity contribution in [1.82, 2.24) is 0 Å². The molecule has 2 atom stereocenters. The molecule has 1 heteroatoms. The number of rotatable bonds is 1. The minimum absolute atomic E-state index is 0.120. The van der Waals surface area contributed by atoms with Crippen molar-refractivity contribution in [3.8, 4) is 11.1 Å². The first-order valence-corrected chi connectivity index (χ1v) is 6.50. The summed E-state index contributed by atoms with van der Waals surface area (Å²) < 4.78 is 14.8. The van der Waals surface area contributed by atoms with Crippen molar-refractivity contribution in [3.63, 3.8) is 0 Å². The van der Waals surface area contributed by atoms with Crippen molar-refractivity contribution < 1.29 is 4.39 Å². The molecule has 1 saturated carbocycles. The molecular formula is C17H15F. The zero-order chi connectivity index (χ0) is 12.4. The van der Waals surface area contributed by atoms with Crippen molar-refractivity contribution in [2.75, 3.05) is 0 Å². The molecule has 0 radical (unpaired) electrons. The van der Waals surface area contributed by atoms with Gasteiger partial charge in [-0.1, -0.05) is 49.4 Å². The van der Waals surface area contributed by atoms with E-state index < -0.39 is 5.67 Å². The van der Waals surface area contributed by atoms with Crippen molar-refractivity contribution in [3.05, 3.63) is 59.7 Å². The minimum atomic E-state index is -1.05. The summed E-state index contributed by atoms with van der Waals surface area (Å²) >= 11 is 0. The molecule has 0 saturated heterocycles. The molecule has 0 bridgehead atoms. The Morgan fingerprint density at radius 2 is 1.78 bits per heavy atom. The molecule has 0 heterocycles. The summed E-state index contributed by atoms with van der Waals surface area (Å²) in [6, 6.07) is 16.5. The second-order valence-corrected chi connectivity index (χ2v) is 5.95. The first-order valence-electron chi connectivity index (χ1n) is 6.50. The molecule has 2 aliphatic carbocycles. The topological polar surface area (TPSA) is 0 Å². The normalized spacial score (nSPS) is 31.9. The van der Waals surface area contributed by atoms with E-state index in [2.05, 4.69) is 37.3 Å². The van der Waals surface area contributed by atoms with Crippen LogP contribution in [0.5, 0.6) is 0 Å². The van der Waals surface area contributed by atoms with E-state index in [9.17, 15) is 4.39 Å². The molecule has 90 valence electrons. The van der Waals surface area contributed by atoms with E-state index in [0.29, 0.717) is 6.42 Å². The fourth-order valence-electron chi connectivity index (χ4n) is 3.45. The molecular weight excluding hydrogens is 223 g/mol. The first-order chi connectivity index (χ1) is 8.62. The highest BCUT2D eigenvalue weighted by Crippen LogP contribution is 2.72. The molecule has 2 aromatic rings. The van der Waals surface area contributed by atoms with Crippen LogP contribution in [0, 0.1) is 5.41 Å². The van der Waals surface area contributed by atoms with Gasteiger partial charge in [0.25, 0.3) is 0 Å². The van der Waals surface area contributed by atoms with Gasteiger partial charge in [0, 0.05) is 5.41 Å². The summed E-state index contributed by atoms with van der Waals surface area (Å²) in [5.41, 5.74) is 3.26. The summed E-state index contributed by atoms with van der Waals surface area (Å²) in [5, 5.41) is 0. The van der Waals surface area contributed by atoms with Crippen LogP contribution in [0.1, 0.15) is 24.5 Å². The lowest BCUT2D eigenvalue weighted by Crippen LogP contribution is -2.02. The van der Waals surface area contributed by atoms with Crippen LogP contribution in [0.3, 0.4) is 0 Å². The van der Waals surface area contributed by atoms with Gasteiger partial charge < -0.3 is 0 Å². The Bertz CT molecular complexity index is 631. The summed E-state index contributed by atoms with van der Waals surface area (Å²) in [4.78, 5) is 0. The Hall–Kier alpha value is -1.63. The Morgan fingerprint density at radius 1 is 1.00 bits per heavy atom. The van der Waals surface area contributed by atoms with Crippen LogP contribution in [-0.2, 0) is 12.1 Å². The SMILES string of the molecule is C[C@@]12Cc3ccc(-c4ccccc4)cc3[C@]1(F)C2. The van der Waals surface area contributed by atoms with E-state index in [1.165, 1.54) is 5.56 Å². The van der Waals surface area contributed by atoms with Crippen LogP contribution < -0.4 is 0 Å². The van der Waals surface area contributed by atoms with Gasteiger partial charge in [0.05, 0.1) is 0 Å². The van der Waals surface area contributed by atoms with Crippen molar-refractivity contribution in [1.29, 1.82) is 0 Å². The molecule has 0 spiro atoms. The Kier molecular flexibility index (Phi) is 1.73. The van der Waals surface area contributed by atoms with Gasteiger partial charge in [0.15, 0.2) is 0 Å². The van der Waals surface area contributed by atoms with E-state index in [4.69, 9.17) is 0 Å². The third kappa shape index (κ3) is 1.14. The molecule has 0 nitrogen and oxygen atoms in total. The predicted octanol–water partition coefficient (Wildman–Crippen LogP) is 4.48. The summed E-state index contributed by atoms with van der Waals surface area (Å²) in [7, 11) is 0. The predicted molar refractivity (Wildman–Crippen MR) is 71.1 cm³/mol. The van der Waals surface area contributed by atoms with Crippen LogP contribution >= 0.6 is 0 Å². The highest BCUT2D eigenvalue weighted by molar-refractivity contribution is 5.67. The number of halogens is 1. The van der Waals surface area contributed by atoms with Crippen LogP contribution in [-0.4, -0.2) is 0 Å². The van der Waals surface area contributed by atoms with E-state index in [-0.39, 0.29) is 5.41 Å². The van der Waals surface area contributed by atoms with Crippen molar-refractivity contribution >= 4 is 0 Å². The number of fused-ring (bicyclic) bond motifs is 3. The molecule has 0 aromatic heterocycles. The van der Waals surface area contributed by atoms with E-state index in [0.717, 1.165) is 23.1 Å². The zero-order valence-electron chi connectivity index (χ0n) is 10.4. The van der Waals surface area contributed by atoms with Crippen molar-refractivity contribution in [2.24, 2.45) is 5.41 Å². The molecule has 0 unspecified atom stereocenters. The quantitative estimate of drug-likeness (QED) is 0.687. The maximum absolute atomic E-state index is 14.8. The fraction of sp³-hybridized carbons (Fsp3) is 0.294. The van der Waals surface area contributed by atoms with Crippen LogP contribution in [0.15, 0.2) is 48.5 Å². The van der Waals surface area contributed by atoms with Gasteiger partial charge >= 0.3 is 0 Å². The average Bonchev–Trinajstić information content (AvgIpc) is 2.86. The number of hydrogen-bond donors (Lipinski definition) is 0. The van der Waals surface area contributed by atoms with Gasteiger partial charge in [-0.25, -0.2) is 4.39 Å². The molecule has 2 aliphatic rings. The lowest BCUT2D eigenvalue weighted by molar-refractivity contribution is 0.258. The first kappa shape index (κ1) is 10.3. The monoisotopic (exact) mass is 238 g/mol. The Labute approximate surface area is 106 Å². The second-order valence-electron chi connectivity index (χ2n) is 5.95. The number of alkyl halides is 1. The summed E-state index contributed by atoms with van der Waals surface area (Å²) in [6.07, 6.45) is 1.60. The lowest BCUT2D eigenvalue weighted by Gasteiger charge is -2.09. The van der Waals surface area contributed by atoms with Gasteiger partial charge in [0.1, 0.15) is 5.67 Å². The van der Waals surface area contributed by atoms with E-state index >= 15 is 0 Å². The van der Waals surface area contributed by atoms with Crippen LogP contribution in [0.4, 0.5) is 4.39 Å². The highest BCUT2D eigenvalue weighted by atomic mass is 19.1. The van der Waals surface area contributed by atoms with Gasteiger partial charge in [-0.3, -0.25) is 0 Å². The van der Waals surface area contributed by atoms with E-state index in [1.54, 1.807) is 0 Å². The maximum atomic E-state index is 14.8. The smallest absolute Gasteiger partial charge is 0.142 e. The zero-order valence-corrected chi connectivity index (χ0v) is 10.4. The fourth-order valence-corrected chi connectivity index (χ4v) is 3.45. The highest BCUT2D eigenvalue weighted by Gasteiger charge is 2.70. The molecule has 18 heavy (non-hydrogen) atoms. The lowest BCUT2D eigenvalue weighted by atomic mass is 9.97. The average molecular weight is 238 g/mol. The number of hydrogen-bond acceptors (Lipinski definition) is 0. The molecule has 1 fully saturated rings. The maximum Gasteiger partial charge on any atom is 0.142 e. The second kappa shape index (κ2) is 3.03. The molecule has 2 aromatic carbocycles. The van der Waals surface area contributed by atoms with Gasteiger partial charge in [-0.2, -0.15) is 0 Å². The van der Waals surface area contributed by atoms with Gasteiger partial charge in [0.2, 0.25) is 0 Å². The summed E-state index contributed by atoms with van der Waals surface area (Å²) in [6.45, 7) is 2.06. The third-order valence-electron chi connectivity index (χ3n) is 4.69. The molecule has 0 N–H and O–H groups in total. The molecule has 0 amide bonds. The Morgan fingerprint density at radius 3 is 2.56 bits per heavy atom. The van der Waals surface area contributed by atoms with Crippen molar-refractivity contribution in [2.45, 2.75) is 25.4 Å². The van der Waals surface area contributed by atoms with Crippen LogP contribution in [0.25, 0.3) is 11.1 Å². The van der Waals surface area contributed by atoms with Crippen LogP contribution in [0.2, 0.25) is 0 Å². The Balaban J connectivity index is 1.85. The summed E-state index contributed by atoms with van der Waals surface area (Å²) in [5.74, 6) is 0. The number of benzene rings is 2. The minimum Gasteiger partial charge on any atom is -0.238 e.